The summed E-state index contributed by atoms with van der Waals surface area (Å²) in [6.07, 6.45) is 5.68. The first kappa shape index (κ1) is 18.8. The fourth-order valence-corrected chi connectivity index (χ4v) is 3.15. The van der Waals surface area contributed by atoms with Crippen LogP contribution in [-0.4, -0.2) is 52.6 Å². The predicted octanol–water partition coefficient (Wildman–Crippen LogP) is 1.93. The van der Waals surface area contributed by atoms with Crippen molar-refractivity contribution in [2.24, 2.45) is 5.92 Å². The number of hydrogen-bond acceptors (Lipinski definition) is 5. The number of nitrogens with one attached hydrogen (secondary N) is 1. The molecule has 1 aromatic heterocycles. The Labute approximate surface area is 145 Å². The standard InChI is InChI=1S/C18H30N4O2/c1-6-7-14-10-22(11-15-13(2)19-8-9-20-15)12-16(14)21-17(23)18(3,4)24-5/h8-9,14,16H,6-7,10-12H2,1-5H3,(H,21,23)/t14-,16-/m1/s1. The normalized spacial score (nSPS) is 21.9. The molecule has 0 unspecified atom stereocenters. The van der Waals surface area contributed by atoms with E-state index in [1.807, 2.05) is 6.92 Å². The number of aryl methyl sites for hydroxylation is 1. The molecule has 24 heavy (non-hydrogen) atoms. The molecular weight excluding hydrogens is 304 g/mol. The molecule has 1 fully saturated rings. The molecule has 1 aliphatic rings. The van der Waals surface area contributed by atoms with E-state index in [9.17, 15) is 4.79 Å². The summed E-state index contributed by atoms with van der Waals surface area (Å²) in [5, 5.41) is 3.19. The number of amides is 1. The third-order valence-electron chi connectivity index (χ3n) is 4.91. The maximum Gasteiger partial charge on any atom is 0.251 e. The van der Waals surface area contributed by atoms with Crippen LogP contribution < -0.4 is 5.32 Å². The number of carbonyl (C=O) groups is 1. The van der Waals surface area contributed by atoms with Crippen molar-refractivity contribution in [1.82, 2.24) is 20.2 Å². The average Bonchev–Trinajstić information content (AvgIpc) is 2.91. The molecule has 6 heteroatoms. The first-order chi connectivity index (χ1) is 11.4. The summed E-state index contributed by atoms with van der Waals surface area (Å²) < 4.78 is 5.30. The van der Waals surface area contributed by atoms with Crippen LogP contribution in [0.4, 0.5) is 0 Å². The SMILES string of the molecule is CCC[C@@H]1CN(Cc2nccnc2C)C[C@H]1NC(=O)C(C)(C)OC. The van der Waals surface area contributed by atoms with Crippen LogP contribution in [-0.2, 0) is 16.1 Å². The number of methoxy groups -OCH3 is 1. The Kier molecular flexibility index (Phi) is 6.29. The van der Waals surface area contributed by atoms with E-state index in [4.69, 9.17) is 4.74 Å². The number of rotatable bonds is 7. The average molecular weight is 334 g/mol. The van der Waals surface area contributed by atoms with Gasteiger partial charge in [0.25, 0.3) is 5.91 Å². The Morgan fingerprint density at radius 2 is 2.08 bits per heavy atom. The van der Waals surface area contributed by atoms with Gasteiger partial charge in [0.2, 0.25) is 0 Å². The molecule has 2 rings (SSSR count). The minimum Gasteiger partial charge on any atom is -0.369 e. The highest BCUT2D eigenvalue weighted by molar-refractivity contribution is 5.84. The molecule has 134 valence electrons. The number of nitrogens with zero attached hydrogens (tertiary/aromatic N) is 3. The molecule has 0 radical (unpaired) electrons. The lowest BCUT2D eigenvalue weighted by Crippen LogP contribution is -2.50. The van der Waals surface area contributed by atoms with Crippen LogP contribution in [0.5, 0.6) is 0 Å². The second kappa shape index (κ2) is 8.03. The largest absolute Gasteiger partial charge is 0.369 e. The fourth-order valence-electron chi connectivity index (χ4n) is 3.15. The number of hydrogen-bond donors (Lipinski definition) is 1. The summed E-state index contributed by atoms with van der Waals surface area (Å²) in [6, 6.07) is 0.156. The molecule has 6 nitrogen and oxygen atoms in total. The predicted molar refractivity (Wildman–Crippen MR) is 93.5 cm³/mol. The lowest BCUT2D eigenvalue weighted by atomic mass is 9.97. The van der Waals surface area contributed by atoms with Crippen molar-refractivity contribution in [2.75, 3.05) is 20.2 Å². The molecule has 0 saturated carbocycles. The molecule has 0 aromatic carbocycles. The van der Waals surface area contributed by atoms with E-state index in [0.29, 0.717) is 5.92 Å². The van der Waals surface area contributed by atoms with E-state index in [2.05, 4.69) is 27.1 Å². The summed E-state index contributed by atoms with van der Waals surface area (Å²) in [5.74, 6) is 0.414. The van der Waals surface area contributed by atoms with E-state index in [1.165, 1.54) is 0 Å². The van der Waals surface area contributed by atoms with Gasteiger partial charge in [-0.3, -0.25) is 19.7 Å². The van der Waals surface area contributed by atoms with Crippen molar-refractivity contribution >= 4 is 5.91 Å². The van der Waals surface area contributed by atoms with Gasteiger partial charge in [-0.1, -0.05) is 13.3 Å². The Morgan fingerprint density at radius 3 is 2.71 bits per heavy atom. The van der Waals surface area contributed by atoms with E-state index in [-0.39, 0.29) is 11.9 Å². The minimum atomic E-state index is -0.800. The Hall–Kier alpha value is -1.53. The molecule has 2 heterocycles. The van der Waals surface area contributed by atoms with Gasteiger partial charge >= 0.3 is 0 Å². The number of aromatic nitrogens is 2. The Bertz CT molecular complexity index is 562. The summed E-state index contributed by atoms with van der Waals surface area (Å²) in [5.41, 5.74) is 1.18. The third-order valence-corrected chi connectivity index (χ3v) is 4.91. The Morgan fingerprint density at radius 1 is 1.38 bits per heavy atom. The fraction of sp³-hybridized carbons (Fsp3) is 0.722. The van der Waals surface area contributed by atoms with Gasteiger partial charge < -0.3 is 10.1 Å². The van der Waals surface area contributed by atoms with Crippen LogP contribution in [0, 0.1) is 12.8 Å². The molecule has 1 saturated heterocycles. The third kappa shape index (κ3) is 4.51. The zero-order valence-electron chi connectivity index (χ0n) is 15.5. The van der Waals surface area contributed by atoms with E-state index in [0.717, 1.165) is 43.9 Å². The van der Waals surface area contributed by atoms with Crippen molar-refractivity contribution in [3.05, 3.63) is 23.8 Å². The van der Waals surface area contributed by atoms with E-state index < -0.39 is 5.60 Å². The Balaban J connectivity index is 2.03. The molecule has 0 spiro atoms. The molecule has 1 aromatic rings. The topological polar surface area (TPSA) is 67.4 Å². The highest BCUT2D eigenvalue weighted by Gasteiger charge is 2.36. The highest BCUT2D eigenvalue weighted by atomic mass is 16.5. The zero-order valence-corrected chi connectivity index (χ0v) is 15.5. The summed E-state index contributed by atoms with van der Waals surface area (Å²) in [7, 11) is 1.57. The highest BCUT2D eigenvalue weighted by Crippen LogP contribution is 2.24. The number of ether oxygens (including phenoxy) is 1. The van der Waals surface area contributed by atoms with Gasteiger partial charge in [0, 0.05) is 45.2 Å². The molecule has 0 bridgehead atoms. The minimum absolute atomic E-state index is 0.0476. The molecule has 2 atom stereocenters. The summed E-state index contributed by atoms with van der Waals surface area (Å²) >= 11 is 0. The van der Waals surface area contributed by atoms with Crippen LogP contribution in [0.25, 0.3) is 0 Å². The lowest BCUT2D eigenvalue weighted by molar-refractivity contribution is -0.140. The van der Waals surface area contributed by atoms with Crippen molar-refractivity contribution in [1.29, 1.82) is 0 Å². The van der Waals surface area contributed by atoms with Crippen molar-refractivity contribution in [2.45, 2.75) is 58.7 Å². The number of carbonyl (C=O) groups excluding carboxylic acids is 1. The van der Waals surface area contributed by atoms with Crippen LogP contribution in [0.15, 0.2) is 12.4 Å². The zero-order chi connectivity index (χ0) is 17.7. The second-order valence-electron chi connectivity index (χ2n) is 7.13. The molecule has 1 amide bonds. The molecular formula is C18H30N4O2. The van der Waals surface area contributed by atoms with Crippen LogP contribution in [0.1, 0.15) is 45.0 Å². The number of likely N-dealkylation sites (tertiary alicyclic amines) is 1. The van der Waals surface area contributed by atoms with E-state index >= 15 is 0 Å². The van der Waals surface area contributed by atoms with E-state index in [1.54, 1.807) is 33.4 Å². The maximum atomic E-state index is 12.4. The second-order valence-corrected chi connectivity index (χ2v) is 7.13. The van der Waals surface area contributed by atoms with Gasteiger partial charge in [0.1, 0.15) is 5.60 Å². The van der Waals surface area contributed by atoms with Gasteiger partial charge in [0.15, 0.2) is 0 Å². The quantitative estimate of drug-likeness (QED) is 0.825. The molecule has 1 aliphatic heterocycles. The van der Waals surface area contributed by atoms with Crippen LogP contribution in [0.2, 0.25) is 0 Å². The van der Waals surface area contributed by atoms with Gasteiger partial charge in [-0.2, -0.15) is 0 Å². The maximum absolute atomic E-state index is 12.4. The van der Waals surface area contributed by atoms with Gasteiger partial charge in [-0.05, 0) is 33.1 Å². The monoisotopic (exact) mass is 334 g/mol. The summed E-state index contributed by atoms with van der Waals surface area (Å²) in [6.45, 7) is 10.4. The van der Waals surface area contributed by atoms with Crippen molar-refractivity contribution in [3.8, 4) is 0 Å². The molecule has 0 aliphatic carbocycles. The smallest absolute Gasteiger partial charge is 0.251 e. The van der Waals surface area contributed by atoms with Gasteiger partial charge in [-0.15, -0.1) is 0 Å². The van der Waals surface area contributed by atoms with Crippen molar-refractivity contribution in [3.63, 3.8) is 0 Å². The molecule has 1 N–H and O–H groups in total. The first-order valence-electron chi connectivity index (χ1n) is 8.72. The van der Waals surface area contributed by atoms with Crippen molar-refractivity contribution < 1.29 is 9.53 Å². The van der Waals surface area contributed by atoms with Crippen LogP contribution in [0.3, 0.4) is 0 Å². The first-order valence-corrected chi connectivity index (χ1v) is 8.72. The lowest BCUT2D eigenvalue weighted by Gasteiger charge is -2.26. The summed E-state index contributed by atoms with van der Waals surface area (Å²) in [4.78, 5) is 23.6. The van der Waals surface area contributed by atoms with Gasteiger partial charge in [0.05, 0.1) is 11.4 Å². The van der Waals surface area contributed by atoms with Crippen LogP contribution >= 0.6 is 0 Å². The van der Waals surface area contributed by atoms with Gasteiger partial charge in [-0.25, -0.2) is 0 Å².